The molecule has 0 saturated carbocycles. The van der Waals surface area contributed by atoms with Crippen LogP contribution in [0.25, 0.3) is 0 Å². The van der Waals surface area contributed by atoms with E-state index in [2.05, 4.69) is 21.2 Å². The number of carbonyl (C=O) groups is 1. The minimum Gasteiger partial charge on any atom is -0.398 e. The van der Waals surface area contributed by atoms with Gasteiger partial charge in [0.1, 0.15) is 6.10 Å². The lowest BCUT2D eigenvalue weighted by molar-refractivity contribution is -0.00270. The molecule has 1 aromatic rings. The SMILES string of the molecule is Nc1ccc(C(=O)NCC(O)C(F)F)cc1Br. The molecule has 0 fully saturated rings. The van der Waals surface area contributed by atoms with Crippen LogP contribution in [0, 0.1) is 0 Å². The van der Waals surface area contributed by atoms with Gasteiger partial charge in [-0.3, -0.25) is 4.79 Å². The maximum Gasteiger partial charge on any atom is 0.265 e. The van der Waals surface area contributed by atoms with E-state index in [4.69, 9.17) is 10.8 Å². The minimum atomic E-state index is -2.88. The maximum absolute atomic E-state index is 12.0. The van der Waals surface area contributed by atoms with Gasteiger partial charge in [-0.25, -0.2) is 8.78 Å². The van der Waals surface area contributed by atoms with Crippen molar-refractivity contribution < 1.29 is 18.7 Å². The Kier molecular flexibility index (Phi) is 4.83. The number of halogens is 3. The zero-order valence-electron chi connectivity index (χ0n) is 8.66. The fraction of sp³-hybridized carbons (Fsp3) is 0.300. The number of nitrogens with two attached hydrogens (primary N) is 1. The van der Waals surface area contributed by atoms with E-state index in [0.717, 1.165) is 0 Å². The number of amides is 1. The molecule has 0 aliphatic rings. The lowest BCUT2D eigenvalue weighted by Crippen LogP contribution is -2.35. The van der Waals surface area contributed by atoms with Crippen molar-refractivity contribution in [2.24, 2.45) is 0 Å². The summed E-state index contributed by atoms with van der Waals surface area (Å²) >= 11 is 3.14. The number of nitrogen functional groups attached to an aromatic ring is 1. The molecule has 0 aromatic heterocycles. The number of aliphatic hydroxyl groups excluding tert-OH is 1. The van der Waals surface area contributed by atoms with Gasteiger partial charge in [0, 0.05) is 22.3 Å². The molecule has 0 heterocycles. The van der Waals surface area contributed by atoms with Crippen molar-refractivity contribution >= 4 is 27.5 Å². The molecule has 4 nitrogen and oxygen atoms in total. The summed E-state index contributed by atoms with van der Waals surface area (Å²) in [7, 11) is 0. The van der Waals surface area contributed by atoms with E-state index in [1.54, 1.807) is 0 Å². The molecule has 0 radical (unpaired) electrons. The Balaban J connectivity index is 2.61. The average molecular weight is 309 g/mol. The predicted molar refractivity (Wildman–Crippen MR) is 62.9 cm³/mol. The quantitative estimate of drug-likeness (QED) is 0.736. The van der Waals surface area contributed by atoms with Gasteiger partial charge in [-0.2, -0.15) is 0 Å². The molecule has 1 unspecified atom stereocenters. The van der Waals surface area contributed by atoms with Gasteiger partial charge in [0.15, 0.2) is 0 Å². The first-order valence-electron chi connectivity index (χ1n) is 4.71. The fourth-order valence-electron chi connectivity index (χ4n) is 1.06. The van der Waals surface area contributed by atoms with Crippen LogP contribution < -0.4 is 11.1 Å². The molecular formula is C10H11BrF2N2O2. The number of rotatable bonds is 4. The van der Waals surface area contributed by atoms with Gasteiger partial charge in [0.2, 0.25) is 0 Å². The summed E-state index contributed by atoms with van der Waals surface area (Å²) in [6, 6.07) is 4.45. The van der Waals surface area contributed by atoms with Gasteiger partial charge in [-0.1, -0.05) is 0 Å². The van der Waals surface area contributed by atoms with Crippen molar-refractivity contribution in [3.8, 4) is 0 Å². The van der Waals surface area contributed by atoms with Crippen molar-refractivity contribution in [1.29, 1.82) is 0 Å². The Morgan fingerprint density at radius 1 is 1.53 bits per heavy atom. The van der Waals surface area contributed by atoms with Crippen molar-refractivity contribution in [2.45, 2.75) is 12.5 Å². The standard InChI is InChI=1S/C10H11BrF2N2O2/c11-6-3-5(1-2-7(6)14)10(17)15-4-8(16)9(12)13/h1-3,8-9,16H,4,14H2,(H,15,17). The normalized spacial score (nSPS) is 12.5. The summed E-state index contributed by atoms with van der Waals surface area (Å²) in [5, 5.41) is 11.0. The Morgan fingerprint density at radius 3 is 2.71 bits per heavy atom. The number of hydrogen-bond donors (Lipinski definition) is 3. The number of carbonyl (C=O) groups excluding carboxylic acids is 1. The highest BCUT2D eigenvalue weighted by Crippen LogP contribution is 2.20. The molecule has 0 aliphatic heterocycles. The number of benzene rings is 1. The smallest absolute Gasteiger partial charge is 0.265 e. The summed E-state index contributed by atoms with van der Waals surface area (Å²) in [4.78, 5) is 11.5. The summed E-state index contributed by atoms with van der Waals surface area (Å²) in [6.45, 7) is -0.501. The molecular weight excluding hydrogens is 298 g/mol. The Bertz CT molecular complexity index is 415. The third-order valence-corrected chi connectivity index (χ3v) is 2.71. The second kappa shape index (κ2) is 5.92. The predicted octanol–water partition coefficient (Wildman–Crippen LogP) is 1.39. The van der Waals surface area contributed by atoms with E-state index in [1.807, 2.05) is 0 Å². The largest absolute Gasteiger partial charge is 0.398 e. The number of alkyl halides is 2. The molecule has 1 aromatic carbocycles. The molecule has 0 bridgehead atoms. The van der Waals surface area contributed by atoms with Crippen LogP contribution in [0.15, 0.2) is 22.7 Å². The fourth-order valence-corrected chi connectivity index (χ4v) is 1.44. The van der Waals surface area contributed by atoms with Crippen LogP contribution in [-0.4, -0.2) is 30.1 Å². The van der Waals surface area contributed by atoms with E-state index in [-0.39, 0.29) is 5.56 Å². The molecule has 1 rings (SSSR count). The van der Waals surface area contributed by atoms with Crippen molar-refractivity contribution in [3.05, 3.63) is 28.2 Å². The summed E-state index contributed by atoms with van der Waals surface area (Å²) in [5.74, 6) is -0.551. The van der Waals surface area contributed by atoms with E-state index in [0.29, 0.717) is 10.2 Å². The van der Waals surface area contributed by atoms with Gasteiger partial charge in [-0.05, 0) is 34.1 Å². The summed E-state index contributed by atoms with van der Waals surface area (Å²) in [6.07, 6.45) is -4.75. The highest BCUT2D eigenvalue weighted by Gasteiger charge is 2.17. The van der Waals surface area contributed by atoms with E-state index in [1.165, 1.54) is 18.2 Å². The number of anilines is 1. The summed E-state index contributed by atoms with van der Waals surface area (Å²) < 4.78 is 24.5. The molecule has 0 aliphatic carbocycles. The average Bonchev–Trinajstić information content (AvgIpc) is 2.28. The molecule has 4 N–H and O–H groups in total. The molecule has 7 heteroatoms. The number of nitrogens with one attached hydrogen (secondary N) is 1. The van der Waals surface area contributed by atoms with Crippen LogP contribution in [-0.2, 0) is 0 Å². The summed E-state index contributed by atoms with van der Waals surface area (Å²) in [5.41, 5.74) is 6.27. The second-order valence-corrected chi connectivity index (χ2v) is 4.20. The van der Waals surface area contributed by atoms with Gasteiger partial charge < -0.3 is 16.2 Å². The van der Waals surface area contributed by atoms with E-state index < -0.39 is 25.0 Å². The first-order chi connectivity index (χ1) is 7.91. The maximum atomic E-state index is 12.0. The second-order valence-electron chi connectivity index (χ2n) is 3.35. The van der Waals surface area contributed by atoms with Gasteiger partial charge >= 0.3 is 0 Å². The van der Waals surface area contributed by atoms with E-state index in [9.17, 15) is 13.6 Å². The highest BCUT2D eigenvalue weighted by atomic mass is 79.9. The Hall–Kier alpha value is -1.21. The lowest BCUT2D eigenvalue weighted by atomic mass is 10.2. The minimum absolute atomic E-state index is 0.271. The van der Waals surface area contributed by atoms with Gasteiger partial charge in [0.25, 0.3) is 12.3 Å². The van der Waals surface area contributed by atoms with Crippen LogP contribution in [0.4, 0.5) is 14.5 Å². The Morgan fingerprint density at radius 2 is 2.18 bits per heavy atom. The zero-order chi connectivity index (χ0) is 13.0. The van der Waals surface area contributed by atoms with Crippen LogP contribution in [0.5, 0.6) is 0 Å². The third kappa shape index (κ3) is 3.94. The van der Waals surface area contributed by atoms with Crippen LogP contribution in [0.2, 0.25) is 0 Å². The van der Waals surface area contributed by atoms with Crippen molar-refractivity contribution in [3.63, 3.8) is 0 Å². The first-order valence-corrected chi connectivity index (χ1v) is 5.50. The van der Waals surface area contributed by atoms with E-state index >= 15 is 0 Å². The molecule has 0 saturated heterocycles. The molecule has 94 valence electrons. The molecule has 1 atom stereocenters. The van der Waals surface area contributed by atoms with Crippen LogP contribution in [0.3, 0.4) is 0 Å². The lowest BCUT2D eigenvalue weighted by Gasteiger charge is -2.11. The van der Waals surface area contributed by atoms with Crippen molar-refractivity contribution in [1.82, 2.24) is 5.32 Å². The molecule has 0 spiro atoms. The first kappa shape index (κ1) is 13.9. The van der Waals surface area contributed by atoms with Crippen molar-refractivity contribution in [2.75, 3.05) is 12.3 Å². The molecule has 1 amide bonds. The van der Waals surface area contributed by atoms with Gasteiger partial charge in [0.05, 0.1) is 0 Å². The zero-order valence-corrected chi connectivity index (χ0v) is 10.2. The van der Waals surface area contributed by atoms with Gasteiger partial charge in [-0.15, -0.1) is 0 Å². The number of hydrogen-bond acceptors (Lipinski definition) is 3. The highest BCUT2D eigenvalue weighted by molar-refractivity contribution is 9.10. The number of aliphatic hydroxyl groups is 1. The van der Waals surface area contributed by atoms with Crippen LogP contribution >= 0.6 is 15.9 Å². The third-order valence-electron chi connectivity index (χ3n) is 2.03. The monoisotopic (exact) mass is 308 g/mol. The van der Waals surface area contributed by atoms with Crippen LogP contribution in [0.1, 0.15) is 10.4 Å². The topological polar surface area (TPSA) is 75.4 Å². The molecule has 17 heavy (non-hydrogen) atoms. The Labute approximate surface area is 105 Å².